The summed E-state index contributed by atoms with van der Waals surface area (Å²) < 4.78 is 0.620. The van der Waals surface area contributed by atoms with Gasteiger partial charge < -0.3 is 60.3 Å². The average Bonchev–Trinajstić information content (AvgIpc) is 2.42. The van der Waals surface area contributed by atoms with Crippen LogP contribution in [0.4, 0.5) is 0 Å². The average molecular weight is 402 g/mol. The van der Waals surface area contributed by atoms with Crippen LogP contribution in [0.5, 0.6) is 0 Å². The van der Waals surface area contributed by atoms with E-state index in [0.717, 1.165) is 16.8 Å². The molecule has 1 aliphatic rings. The molecular formula is C15H10FeN2S4. The molecule has 0 fully saturated rings. The summed E-state index contributed by atoms with van der Waals surface area (Å²) in [5, 5.41) is 8.59. The summed E-state index contributed by atoms with van der Waals surface area (Å²) in [5.41, 5.74) is 3.12. The van der Waals surface area contributed by atoms with Gasteiger partial charge in [-0.1, -0.05) is 45.0 Å². The van der Waals surface area contributed by atoms with Crippen molar-refractivity contribution in [3.8, 4) is 0 Å². The fourth-order valence-corrected chi connectivity index (χ4v) is 3.15. The van der Waals surface area contributed by atoms with Gasteiger partial charge in [-0.2, -0.15) is 0 Å². The predicted octanol–water partition coefficient (Wildman–Crippen LogP) is 3.08. The van der Waals surface area contributed by atoms with Crippen LogP contribution in [0.2, 0.25) is 0 Å². The van der Waals surface area contributed by atoms with Crippen LogP contribution >= 0.6 is 24.4 Å². The van der Waals surface area contributed by atoms with E-state index in [1.54, 1.807) is 0 Å². The van der Waals surface area contributed by atoms with Crippen LogP contribution in [-0.4, -0.2) is 8.64 Å². The molecule has 1 atom stereocenters. The largest absolute Gasteiger partial charge is 2.00 e. The molecule has 0 spiro atoms. The van der Waals surface area contributed by atoms with E-state index in [-0.39, 0.29) is 23.1 Å². The molecule has 0 aromatic heterocycles. The second-order valence-electron chi connectivity index (χ2n) is 4.67. The van der Waals surface area contributed by atoms with Gasteiger partial charge in [0.1, 0.15) is 0 Å². The van der Waals surface area contributed by atoms with Crippen molar-refractivity contribution in [3.05, 3.63) is 53.2 Å². The van der Waals surface area contributed by atoms with Crippen molar-refractivity contribution >= 4 is 75.2 Å². The molecule has 0 radical (unpaired) electrons. The van der Waals surface area contributed by atoms with Gasteiger partial charge in [0.25, 0.3) is 0 Å². The zero-order chi connectivity index (χ0) is 15.0. The maximum atomic E-state index is 5.04. The first kappa shape index (κ1) is 17.5. The number of rotatable bonds is 2. The number of benzene rings is 2. The SMILES string of the molecule is S=C([S-])NC1=Cc2cccc3cccc(c23)C1NC(=S)[S-].[Fe+2]. The van der Waals surface area contributed by atoms with Gasteiger partial charge in [-0.3, -0.25) is 0 Å². The smallest absolute Gasteiger partial charge is 0.412 e. The predicted molar refractivity (Wildman–Crippen MR) is 101 cm³/mol. The van der Waals surface area contributed by atoms with E-state index in [9.17, 15) is 0 Å². The van der Waals surface area contributed by atoms with E-state index in [1.807, 2.05) is 18.2 Å². The molecule has 2 aromatic rings. The van der Waals surface area contributed by atoms with Crippen molar-refractivity contribution in [1.29, 1.82) is 0 Å². The summed E-state index contributed by atoms with van der Waals surface area (Å²) in [4.78, 5) is 0. The Bertz CT molecular complexity index is 783. The summed E-state index contributed by atoms with van der Waals surface area (Å²) >= 11 is 20.1. The maximum absolute atomic E-state index is 5.04. The first-order valence-electron chi connectivity index (χ1n) is 6.25. The molecular weight excluding hydrogens is 392 g/mol. The molecule has 0 amide bonds. The second-order valence-corrected chi connectivity index (χ2v) is 6.82. The van der Waals surface area contributed by atoms with Crippen LogP contribution in [0.1, 0.15) is 17.2 Å². The van der Waals surface area contributed by atoms with Gasteiger partial charge in [-0.15, -0.1) is 0 Å². The summed E-state index contributed by atoms with van der Waals surface area (Å²) in [6.07, 6.45) is 2.04. The fourth-order valence-electron chi connectivity index (χ4n) is 2.68. The standard InChI is InChI=1S/C15H12N2S4.Fe/c18-14(19)16-11-7-9-5-1-3-8-4-2-6-10(12(8)9)13(11)17-15(20)21;/h1-7,13H,(H2,16,18,19)(H2,17,20,21);/q;+2/p-2. The Labute approximate surface area is 161 Å². The van der Waals surface area contributed by atoms with Gasteiger partial charge in [0.05, 0.1) is 6.04 Å². The molecule has 0 aliphatic heterocycles. The minimum atomic E-state index is -0.158. The monoisotopic (exact) mass is 402 g/mol. The summed E-state index contributed by atoms with van der Waals surface area (Å²) in [7, 11) is 0. The Morgan fingerprint density at radius 3 is 2.32 bits per heavy atom. The van der Waals surface area contributed by atoms with Crippen LogP contribution in [-0.2, 0) is 42.3 Å². The topological polar surface area (TPSA) is 24.1 Å². The van der Waals surface area contributed by atoms with Gasteiger partial charge in [0.2, 0.25) is 0 Å². The van der Waals surface area contributed by atoms with Crippen molar-refractivity contribution < 1.29 is 17.1 Å². The molecule has 1 aliphatic carbocycles. The zero-order valence-electron chi connectivity index (χ0n) is 11.1. The van der Waals surface area contributed by atoms with Gasteiger partial charge in [-0.05, 0) is 28.0 Å². The third kappa shape index (κ3) is 3.40. The summed E-state index contributed by atoms with van der Waals surface area (Å²) in [6, 6.07) is 12.2. The first-order valence-corrected chi connectivity index (χ1v) is 7.88. The molecule has 0 heterocycles. The first-order chi connectivity index (χ1) is 10.1. The van der Waals surface area contributed by atoms with Crippen molar-refractivity contribution in [1.82, 2.24) is 10.6 Å². The number of thiocarbonyl (C=S) groups is 2. The van der Waals surface area contributed by atoms with Gasteiger partial charge >= 0.3 is 17.1 Å². The minimum Gasteiger partial charge on any atom is -0.412 e. The quantitative estimate of drug-likeness (QED) is 0.455. The molecule has 112 valence electrons. The molecule has 22 heavy (non-hydrogen) atoms. The van der Waals surface area contributed by atoms with Crippen LogP contribution in [0.3, 0.4) is 0 Å². The normalized spacial score (nSPS) is 15.5. The van der Waals surface area contributed by atoms with Crippen LogP contribution < -0.4 is 10.6 Å². The van der Waals surface area contributed by atoms with E-state index in [1.165, 1.54) is 10.8 Å². The Hall–Kier alpha value is -0.821. The third-order valence-electron chi connectivity index (χ3n) is 3.41. The molecule has 2 aromatic carbocycles. The Balaban J connectivity index is 0.00000176. The zero-order valence-corrected chi connectivity index (χ0v) is 15.5. The Kier molecular flexibility index (Phi) is 5.71. The third-order valence-corrected chi connectivity index (χ3v) is 3.85. The molecule has 2 nitrogen and oxygen atoms in total. The number of hydrogen-bond acceptors (Lipinski definition) is 4. The maximum Gasteiger partial charge on any atom is 2.00 e. The molecule has 2 N–H and O–H groups in total. The van der Waals surface area contributed by atoms with Crippen LogP contribution in [0.25, 0.3) is 16.8 Å². The minimum absolute atomic E-state index is 0. The van der Waals surface area contributed by atoms with Gasteiger partial charge in [-0.25, -0.2) is 0 Å². The van der Waals surface area contributed by atoms with Crippen molar-refractivity contribution in [2.24, 2.45) is 0 Å². The van der Waals surface area contributed by atoms with E-state index >= 15 is 0 Å². The summed E-state index contributed by atoms with van der Waals surface area (Å²) in [6.45, 7) is 0. The van der Waals surface area contributed by atoms with Crippen molar-refractivity contribution in [2.75, 3.05) is 0 Å². The van der Waals surface area contributed by atoms with Gasteiger partial charge in [0.15, 0.2) is 0 Å². The van der Waals surface area contributed by atoms with E-state index < -0.39 is 0 Å². The number of nitrogens with one attached hydrogen (secondary N) is 2. The van der Waals surface area contributed by atoms with E-state index in [2.05, 4.69) is 34.9 Å². The Morgan fingerprint density at radius 1 is 1.00 bits per heavy atom. The molecule has 7 heteroatoms. The van der Waals surface area contributed by atoms with Crippen molar-refractivity contribution in [3.63, 3.8) is 0 Å². The number of hydrogen-bond donors (Lipinski definition) is 2. The molecule has 1 unspecified atom stereocenters. The van der Waals surface area contributed by atoms with Crippen LogP contribution in [0.15, 0.2) is 42.1 Å². The fraction of sp³-hybridized carbons (Fsp3) is 0.0667. The molecule has 0 saturated carbocycles. The van der Waals surface area contributed by atoms with Crippen LogP contribution in [0, 0.1) is 0 Å². The Morgan fingerprint density at radius 2 is 1.68 bits per heavy atom. The van der Waals surface area contributed by atoms with Gasteiger partial charge in [0, 0.05) is 5.70 Å². The molecule has 0 bridgehead atoms. The molecule has 0 saturated heterocycles. The van der Waals surface area contributed by atoms with E-state index in [4.69, 9.17) is 49.7 Å². The molecule has 3 rings (SSSR count). The second kappa shape index (κ2) is 7.17. The van der Waals surface area contributed by atoms with Crippen molar-refractivity contribution in [2.45, 2.75) is 6.04 Å². The van der Waals surface area contributed by atoms with E-state index in [0.29, 0.717) is 8.64 Å². The summed E-state index contributed by atoms with van der Waals surface area (Å²) in [5.74, 6) is 0.